The SMILES string of the molecule is C#C.C/C(=C/CC#Cc1ccncc1)N(C)c1ccc(F)cc1. The minimum absolute atomic E-state index is 0.225. The van der Waals surface area contributed by atoms with E-state index >= 15 is 0 Å². The van der Waals surface area contributed by atoms with Crippen LogP contribution in [0.15, 0.2) is 60.6 Å². The van der Waals surface area contributed by atoms with E-state index in [1.807, 2.05) is 31.0 Å². The lowest BCUT2D eigenvalue weighted by atomic mass is 10.2. The van der Waals surface area contributed by atoms with Gasteiger partial charge in [-0.3, -0.25) is 4.98 Å². The number of aromatic nitrogens is 1. The molecule has 0 radical (unpaired) electrons. The van der Waals surface area contributed by atoms with Crippen LogP contribution in [0.1, 0.15) is 18.9 Å². The lowest BCUT2D eigenvalue weighted by Gasteiger charge is -2.19. The largest absolute Gasteiger partial charge is 0.349 e. The first-order chi connectivity index (χ1) is 11.2. The van der Waals surface area contributed by atoms with Crippen LogP contribution in [0.2, 0.25) is 0 Å². The Morgan fingerprint density at radius 3 is 2.39 bits per heavy atom. The number of hydrogen-bond acceptors (Lipinski definition) is 2. The lowest BCUT2D eigenvalue weighted by molar-refractivity contribution is 0.628. The zero-order valence-corrected chi connectivity index (χ0v) is 13.3. The molecule has 0 spiro atoms. The van der Waals surface area contributed by atoms with Gasteiger partial charge in [0.1, 0.15) is 5.82 Å². The van der Waals surface area contributed by atoms with Crippen molar-refractivity contribution < 1.29 is 4.39 Å². The summed E-state index contributed by atoms with van der Waals surface area (Å²) in [6.07, 6.45) is 14.2. The van der Waals surface area contributed by atoms with E-state index in [4.69, 9.17) is 0 Å². The van der Waals surface area contributed by atoms with Crippen LogP contribution in [0.4, 0.5) is 10.1 Å². The summed E-state index contributed by atoms with van der Waals surface area (Å²) < 4.78 is 12.9. The van der Waals surface area contributed by atoms with E-state index in [-0.39, 0.29) is 5.82 Å². The Kier molecular flexibility index (Phi) is 7.69. The first-order valence-corrected chi connectivity index (χ1v) is 7.05. The van der Waals surface area contributed by atoms with Crippen molar-refractivity contribution in [3.05, 3.63) is 71.9 Å². The van der Waals surface area contributed by atoms with Gasteiger partial charge in [0.25, 0.3) is 0 Å². The van der Waals surface area contributed by atoms with Crippen LogP contribution in [0.5, 0.6) is 0 Å². The Hall–Kier alpha value is -3.04. The van der Waals surface area contributed by atoms with E-state index in [1.54, 1.807) is 24.5 Å². The molecule has 2 nitrogen and oxygen atoms in total. The second kappa shape index (κ2) is 9.82. The molecule has 1 aromatic heterocycles. The second-order valence-corrected chi connectivity index (χ2v) is 4.62. The van der Waals surface area contributed by atoms with E-state index in [2.05, 4.69) is 35.7 Å². The van der Waals surface area contributed by atoms with E-state index < -0.39 is 0 Å². The average Bonchev–Trinajstić information content (AvgIpc) is 2.61. The van der Waals surface area contributed by atoms with E-state index in [9.17, 15) is 4.39 Å². The zero-order chi connectivity index (χ0) is 17.1. The minimum Gasteiger partial charge on any atom is -0.349 e. The van der Waals surface area contributed by atoms with Crippen molar-refractivity contribution in [2.45, 2.75) is 13.3 Å². The highest BCUT2D eigenvalue weighted by molar-refractivity contribution is 5.50. The van der Waals surface area contributed by atoms with Crippen LogP contribution in [-0.2, 0) is 0 Å². The minimum atomic E-state index is -0.225. The topological polar surface area (TPSA) is 16.1 Å². The summed E-state index contributed by atoms with van der Waals surface area (Å²) in [5.41, 5.74) is 2.99. The van der Waals surface area contributed by atoms with Gasteiger partial charge in [0, 0.05) is 42.8 Å². The van der Waals surface area contributed by atoms with Crippen molar-refractivity contribution in [3.8, 4) is 24.7 Å². The van der Waals surface area contributed by atoms with Crippen LogP contribution >= 0.6 is 0 Å². The third-order valence-electron chi connectivity index (χ3n) is 3.16. The highest BCUT2D eigenvalue weighted by Crippen LogP contribution is 2.17. The number of pyridine rings is 1. The summed E-state index contributed by atoms with van der Waals surface area (Å²) in [4.78, 5) is 5.96. The molecule has 23 heavy (non-hydrogen) atoms. The van der Waals surface area contributed by atoms with Crippen LogP contribution < -0.4 is 4.90 Å². The zero-order valence-electron chi connectivity index (χ0n) is 13.3. The molecule has 3 heteroatoms. The summed E-state index contributed by atoms with van der Waals surface area (Å²) in [6.45, 7) is 2.01. The number of rotatable bonds is 3. The first-order valence-electron chi connectivity index (χ1n) is 7.05. The fourth-order valence-electron chi connectivity index (χ4n) is 1.79. The van der Waals surface area contributed by atoms with Crippen LogP contribution in [0.3, 0.4) is 0 Å². The predicted molar refractivity (Wildman–Crippen MR) is 94.2 cm³/mol. The normalized spacial score (nSPS) is 9.87. The van der Waals surface area contributed by atoms with Gasteiger partial charge in [-0.1, -0.05) is 17.9 Å². The maximum atomic E-state index is 12.9. The molecular formula is C20H19FN2. The number of terminal acetylenes is 1. The molecule has 0 fully saturated rings. The number of allylic oxidation sites excluding steroid dienone is 2. The molecule has 0 saturated carbocycles. The summed E-state index contributed by atoms with van der Waals surface area (Å²) in [5, 5.41) is 0. The van der Waals surface area contributed by atoms with Gasteiger partial charge in [0.05, 0.1) is 0 Å². The van der Waals surface area contributed by atoms with Gasteiger partial charge < -0.3 is 4.90 Å². The van der Waals surface area contributed by atoms with Gasteiger partial charge in [0.15, 0.2) is 0 Å². The number of halogens is 1. The van der Waals surface area contributed by atoms with Crippen molar-refractivity contribution in [2.75, 3.05) is 11.9 Å². The molecule has 0 aliphatic heterocycles. The van der Waals surface area contributed by atoms with E-state index in [0.29, 0.717) is 6.42 Å². The van der Waals surface area contributed by atoms with E-state index in [1.165, 1.54) is 12.1 Å². The van der Waals surface area contributed by atoms with Crippen LogP contribution in [0.25, 0.3) is 0 Å². The maximum absolute atomic E-state index is 12.9. The monoisotopic (exact) mass is 306 g/mol. The van der Waals surface area contributed by atoms with Gasteiger partial charge in [-0.05, 0) is 43.3 Å². The molecule has 1 aromatic carbocycles. The Balaban J connectivity index is 0.00000127. The Labute approximate surface area is 137 Å². The molecule has 0 amide bonds. The fourth-order valence-corrected chi connectivity index (χ4v) is 1.79. The number of nitrogens with zero attached hydrogens (tertiary/aromatic N) is 2. The first kappa shape index (κ1) is 18.0. The van der Waals surface area contributed by atoms with Crippen LogP contribution in [-0.4, -0.2) is 12.0 Å². The number of anilines is 1. The quantitative estimate of drug-likeness (QED) is 0.788. The highest BCUT2D eigenvalue weighted by Gasteiger charge is 2.01. The molecule has 0 saturated heterocycles. The summed E-state index contributed by atoms with van der Waals surface area (Å²) in [5.74, 6) is 5.97. The summed E-state index contributed by atoms with van der Waals surface area (Å²) in [7, 11) is 1.95. The Morgan fingerprint density at radius 2 is 1.78 bits per heavy atom. The average molecular weight is 306 g/mol. The molecule has 0 bridgehead atoms. The smallest absolute Gasteiger partial charge is 0.123 e. The Morgan fingerprint density at radius 1 is 1.17 bits per heavy atom. The predicted octanol–water partition coefficient (Wildman–Crippen LogP) is 4.25. The fraction of sp³-hybridized carbons (Fsp3) is 0.150. The van der Waals surface area contributed by atoms with Crippen molar-refractivity contribution in [2.24, 2.45) is 0 Å². The lowest BCUT2D eigenvalue weighted by Crippen LogP contribution is -2.13. The summed E-state index contributed by atoms with van der Waals surface area (Å²) >= 11 is 0. The molecule has 2 rings (SSSR count). The number of benzene rings is 1. The maximum Gasteiger partial charge on any atom is 0.123 e. The van der Waals surface area contributed by atoms with Crippen molar-refractivity contribution in [3.63, 3.8) is 0 Å². The molecule has 2 aromatic rings. The molecular weight excluding hydrogens is 287 g/mol. The summed E-state index contributed by atoms with van der Waals surface area (Å²) in [6, 6.07) is 10.2. The molecule has 0 unspecified atom stereocenters. The molecule has 0 aliphatic carbocycles. The second-order valence-electron chi connectivity index (χ2n) is 4.62. The van der Waals surface area contributed by atoms with Gasteiger partial charge >= 0.3 is 0 Å². The molecule has 1 heterocycles. The third kappa shape index (κ3) is 6.08. The number of hydrogen-bond donors (Lipinski definition) is 0. The third-order valence-corrected chi connectivity index (χ3v) is 3.16. The molecule has 116 valence electrons. The Bertz CT molecular complexity index is 704. The highest BCUT2D eigenvalue weighted by atomic mass is 19.1. The molecule has 0 N–H and O–H groups in total. The van der Waals surface area contributed by atoms with Gasteiger partial charge in [-0.15, -0.1) is 12.8 Å². The van der Waals surface area contributed by atoms with Gasteiger partial charge in [-0.2, -0.15) is 0 Å². The standard InChI is InChI=1S/C18H17FN2.C2H2/c1-15(21(2)18-9-7-17(19)8-10-18)5-3-4-6-16-11-13-20-14-12-16;1-2/h5,7-14H,3H2,1-2H3;1-2H/b15-5-;. The van der Waals surface area contributed by atoms with E-state index in [0.717, 1.165) is 16.9 Å². The van der Waals surface area contributed by atoms with Crippen molar-refractivity contribution >= 4 is 5.69 Å². The van der Waals surface area contributed by atoms with Crippen molar-refractivity contribution in [1.29, 1.82) is 0 Å². The van der Waals surface area contributed by atoms with Gasteiger partial charge in [0.2, 0.25) is 0 Å². The van der Waals surface area contributed by atoms with Crippen LogP contribution in [0, 0.1) is 30.5 Å². The molecule has 0 atom stereocenters. The van der Waals surface area contributed by atoms with Gasteiger partial charge in [-0.25, -0.2) is 4.39 Å². The van der Waals surface area contributed by atoms with Crippen molar-refractivity contribution in [1.82, 2.24) is 4.98 Å². The molecule has 0 aliphatic rings.